The van der Waals surface area contributed by atoms with Gasteiger partial charge in [0.15, 0.2) is 0 Å². The summed E-state index contributed by atoms with van der Waals surface area (Å²) in [6.07, 6.45) is 0. The van der Waals surface area contributed by atoms with Gasteiger partial charge in [-0.3, -0.25) is 0 Å². The van der Waals surface area contributed by atoms with Crippen molar-refractivity contribution in [2.75, 3.05) is 13.1 Å². The van der Waals surface area contributed by atoms with E-state index in [2.05, 4.69) is 6.58 Å². The highest BCUT2D eigenvalue weighted by molar-refractivity contribution is 7.92. The van der Waals surface area contributed by atoms with Gasteiger partial charge >= 0.3 is 0 Å². The van der Waals surface area contributed by atoms with Crippen molar-refractivity contribution in [3.8, 4) is 0 Å². The molecule has 1 heterocycles. The highest BCUT2D eigenvalue weighted by atomic mass is 32.2. The number of hydrogen-bond donors (Lipinski definition) is 0. The minimum absolute atomic E-state index is 0.334. The van der Waals surface area contributed by atoms with Gasteiger partial charge < -0.3 is 0 Å². The predicted molar refractivity (Wildman–Crippen MR) is 59.9 cm³/mol. The molecular formula is C11H13NO2S. The van der Waals surface area contributed by atoms with Crippen LogP contribution >= 0.6 is 0 Å². The topological polar surface area (TPSA) is 37.4 Å². The Bertz CT molecular complexity index is 447. The summed E-state index contributed by atoms with van der Waals surface area (Å²) >= 11 is 0. The summed E-state index contributed by atoms with van der Waals surface area (Å²) < 4.78 is 24.2. The SMILES string of the molecule is C=CS(=O)(=O)N1CC(c2ccccc2)C1. The molecule has 1 aliphatic heterocycles. The molecule has 0 aliphatic carbocycles. The van der Waals surface area contributed by atoms with Gasteiger partial charge in [-0.05, 0) is 5.56 Å². The minimum atomic E-state index is -3.21. The zero-order chi connectivity index (χ0) is 10.9. The van der Waals surface area contributed by atoms with Crippen molar-refractivity contribution < 1.29 is 8.42 Å². The average Bonchev–Trinajstić information content (AvgIpc) is 2.17. The maximum atomic E-state index is 11.4. The summed E-state index contributed by atoms with van der Waals surface area (Å²) in [6, 6.07) is 9.96. The van der Waals surface area contributed by atoms with Crippen LogP contribution in [0.25, 0.3) is 0 Å². The van der Waals surface area contributed by atoms with Crippen LogP contribution in [-0.4, -0.2) is 25.8 Å². The lowest BCUT2D eigenvalue weighted by molar-refractivity contribution is 0.267. The molecule has 2 rings (SSSR count). The lowest BCUT2D eigenvalue weighted by Gasteiger charge is -2.37. The van der Waals surface area contributed by atoms with Gasteiger partial charge in [-0.2, -0.15) is 4.31 Å². The fourth-order valence-corrected chi connectivity index (χ4v) is 2.67. The summed E-state index contributed by atoms with van der Waals surface area (Å²) in [7, 11) is -3.21. The Morgan fingerprint density at radius 1 is 1.27 bits per heavy atom. The molecule has 0 unspecified atom stereocenters. The van der Waals surface area contributed by atoms with Crippen molar-refractivity contribution in [1.29, 1.82) is 0 Å². The number of sulfonamides is 1. The van der Waals surface area contributed by atoms with Gasteiger partial charge in [0, 0.05) is 24.4 Å². The molecule has 0 atom stereocenters. The second-order valence-corrected chi connectivity index (χ2v) is 5.52. The monoisotopic (exact) mass is 223 g/mol. The Labute approximate surface area is 90.1 Å². The summed E-state index contributed by atoms with van der Waals surface area (Å²) in [4.78, 5) is 0. The van der Waals surface area contributed by atoms with Crippen LogP contribution in [0.5, 0.6) is 0 Å². The largest absolute Gasteiger partial charge is 0.235 e. The molecule has 80 valence electrons. The first kappa shape index (κ1) is 10.4. The van der Waals surface area contributed by atoms with Crippen molar-refractivity contribution in [2.45, 2.75) is 5.92 Å². The third-order valence-corrected chi connectivity index (χ3v) is 4.13. The minimum Gasteiger partial charge on any atom is -0.208 e. The molecular weight excluding hydrogens is 210 g/mol. The van der Waals surface area contributed by atoms with Gasteiger partial charge in [-0.15, -0.1) is 0 Å². The molecule has 0 bridgehead atoms. The zero-order valence-electron chi connectivity index (χ0n) is 8.33. The van der Waals surface area contributed by atoms with Gasteiger partial charge in [0.05, 0.1) is 0 Å². The highest BCUT2D eigenvalue weighted by Crippen LogP contribution is 2.29. The van der Waals surface area contributed by atoms with Crippen LogP contribution in [0.3, 0.4) is 0 Å². The lowest BCUT2D eigenvalue weighted by Crippen LogP contribution is -2.47. The molecule has 0 spiro atoms. The maximum absolute atomic E-state index is 11.4. The third-order valence-electron chi connectivity index (χ3n) is 2.69. The molecule has 0 aromatic heterocycles. The standard InChI is InChI=1S/C11H13NO2S/c1-2-15(13,14)12-8-11(9-12)10-6-4-3-5-7-10/h2-7,11H,1,8-9H2. The Kier molecular flexibility index (Phi) is 2.63. The third kappa shape index (κ3) is 1.96. The van der Waals surface area contributed by atoms with Crippen LogP contribution in [0, 0.1) is 0 Å². The fourth-order valence-electron chi connectivity index (χ4n) is 1.69. The molecule has 0 saturated carbocycles. The average molecular weight is 223 g/mol. The maximum Gasteiger partial charge on any atom is 0.235 e. The first-order chi connectivity index (χ1) is 7.13. The lowest BCUT2D eigenvalue weighted by atomic mass is 9.94. The van der Waals surface area contributed by atoms with Crippen molar-refractivity contribution in [2.24, 2.45) is 0 Å². The molecule has 1 saturated heterocycles. The molecule has 0 radical (unpaired) electrons. The summed E-state index contributed by atoms with van der Waals surface area (Å²) in [5.74, 6) is 0.334. The van der Waals surface area contributed by atoms with E-state index in [4.69, 9.17) is 0 Å². The number of rotatable bonds is 3. The molecule has 15 heavy (non-hydrogen) atoms. The van der Waals surface area contributed by atoms with Gasteiger partial charge in [0.1, 0.15) is 0 Å². The first-order valence-electron chi connectivity index (χ1n) is 4.81. The van der Waals surface area contributed by atoms with E-state index >= 15 is 0 Å². The van der Waals surface area contributed by atoms with Crippen molar-refractivity contribution in [3.63, 3.8) is 0 Å². The van der Waals surface area contributed by atoms with E-state index in [1.165, 1.54) is 9.87 Å². The van der Waals surface area contributed by atoms with E-state index in [9.17, 15) is 8.42 Å². The number of nitrogens with zero attached hydrogens (tertiary/aromatic N) is 1. The van der Waals surface area contributed by atoms with Crippen molar-refractivity contribution in [1.82, 2.24) is 4.31 Å². The molecule has 1 aromatic carbocycles. The van der Waals surface area contributed by atoms with Crippen LogP contribution in [-0.2, 0) is 10.0 Å². The smallest absolute Gasteiger partial charge is 0.208 e. The van der Waals surface area contributed by atoms with Gasteiger partial charge in [-0.25, -0.2) is 8.42 Å². The van der Waals surface area contributed by atoms with Crippen molar-refractivity contribution in [3.05, 3.63) is 47.9 Å². The Morgan fingerprint density at radius 3 is 2.40 bits per heavy atom. The van der Waals surface area contributed by atoms with E-state index in [0.29, 0.717) is 19.0 Å². The molecule has 4 heteroatoms. The second-order valence-electron chi connectivity index (χ2n) is 3.64. The molecule has 0 N–H and O–H groups in total. The summed E-state index contributed by atoms with van der Waals surface area (Å²) in [5, 5.41) is 1.01. The predicted octanol–water partition coefficient (Wildman–Crippen LogP) is 1.56. The Balaban J connectivity index is 2.03. The van der Waals surface area contributed by atoms with E-state index < -0.39 is 10.0 Å². The Hall–Kier alpha value is -1.13. The van der Waals surface area contributed by atoms with Gasteiger partial charge in [0.25, 0.3) is 0 Å². The van der Waals surface area contributed by atoms with Crippen LogP contribution in [0.4, 0.5) is 0 Å². The van der Waals surface area contributed by atoms with Crippen LogP contribution in [0.2, 0.25) is 0 Å². The van der Waals surface area contributed by atoms with Gasteiger partial charge in [0.2, 0.25) is 10.0 Å². The van der Waals surface area contributed by atoms with Crippen LogP contribution < -0.4 is 0 Å². The second kappa shape index (κ2) is 3.79. The first-order valence-corrected chi connectivity index (χ1v) is 6.31. The zero-order valence-corrected chi connectivity index (χ0v) is 9.15. The molecule has 3 nitrogen and oxygen atoms in total. The number of hydrogen-bond acceptors (Lipinski definition) is 2. The van der Waals surface area contributed by atoms with E-state index in [-0.39, 0.29) is 0 Å². The van der Waals surface area contributed by atoms with Crippen LogP contribution in [0.15, 0.2) is 42.3 Å². The Morgan fingerprint density at radius 2 is 1.87 bits per heavy atom. The van der Waals surface area contributed by atoms with E-state index in [1.54, 1.807) is 0 Å². The molecule has 1 aromatic rings. The molecule has 1 fully saturated rings. The molecule has 0 amide bonds. The van der Waals surface area contributed by atoms with Crippen molar-refractivity contribution >= 4 is 10.0 Å². The summed E-state index contributed by atoms with van der Waals surface area (Å²) in [6.45, 7) is 4.44. The highest BCUT2D eigenvalue weighted by Gasteiger charge is 2.34. The fraction of sp³-hybridized carbons (Fsp3) is 0.273. The normalized spacial score (nSPS) is 18.4. The quantitative estimate of drug-likeness (QED) is 0.779. The van der Waals surface area contributed by atoms with E-state index in [1.807, 2.05) is 30.3 Å². The van der Waals surface area contributed by atoms with Gasteiger partial charge in [-0.1, -0.05) is 36.9 Å². The molecule has 1 aliphatic rings. The summed E-state index contributed by atoms with van der Waals surface area (Å²) in [5.41, 5.74) is 1.20. The number of benzene rings is 1. The van der Waals surface area contributed by atoms with E-state index in [0.717, 1.165) is 5.41 Å². The van der Waals surface area contributed by atoms with Crippen LogP contribution in [0.1, 0.15) is 11.5 Å².